The molecule has 5 rings (SSSR count). The van der Waals surface area contributed by atoms with Crippen LogP contribution >= 0.6 is 22.7 Å². The van der Waals surface area contributed by atoms with Gasteiger partial charge in [0.2, 0.25) is 5.91 Å². The minimum absolute atomic E-state index is 0.179. The lowest BCUT2D eigenvalue weighted by Gasteiger charge is -2.07. The number of thiophene rings is 1. The first-order chi connectivity index (χ1) is 16.4. The van der Waals surface area contributed by atoms with Crippen LogP contribution in [0.15, 0.2) is 53.4 Å². The zero-order chi connectivity index (χ0) is 23.8. The average molecular weight is 491 g/mol. The second kappa shape index (κ2) is 8.69. The molecule has 11 heteroatoms. The van der Waals surface area contributed by atoms with Crippen molar-refractivity contribution in [3.63, 3.8) is 0 Å². The second-order valence-corrected chi connectivity index (χ2v) is 9.30. The van der Waals surface area contributed by atoms with Gasteiger partial charge in [-0.25, -0.2) is 9.97 Å². The molecule has 0 bridgehead atoms. The fourth-order valence-corrected chi connectivity index (χ4v) is 5.26. The van der Waals surface area contributed by atoms with Crippen molar-refractivity contribution in [1.82, 2.24) is 19.7 Å². The number of nitrogens with two attached hydrogens (primary N) is 1. The molecule has 5 aromatic rings. The van der Waals surface area contributed by atoms with E-state index in [1.165, 1.54) is 29.6 Å². The lowest BCUT2D eigenvalue weighted by molar-refractivity contribution is -0.114. The third kappa shape index (κ3) is 4.02. The number of benzene rings is 1. The van der Waals surface area contributed by atoms with Crippen LogP contribution in [0.2, 0.25) is 0 Å². The Morgan fingerprint density at radius 1 is 1.15 bits per heavy atom. The molecule has 0 saturated heterocycles. The zero-order valence-corrected chi connectivity index (χ0v) is 19.5. The van der Waals surface area contributed by atoms with Gasteiger partial charge >= 0.3 is 0 Å². The van der Waals surface area contributed by atoms with Crippen LogP contribution in [0.1, 0.15) is 33.3 Å². The van der Waals surface area contributed by atoms with Gasteiger partial charge in [0.15, 0.2) is 10.8 Å². The van der Waals surface area contributed by atoms with Crippen molar-refractivity contribution in [1.29, 1.82) is 0 Å². The molecular formula is C23H18N6O3S2. The molecule has 4 N–H and O–H groups in total. The summed E-state index contributed by atoms with van der Waals surface area (Å²) in [5.41, 5.74) is 9.42. The first-order valence-corrected chi connectivity index (χ1v) is 12.0. The Hall–Kier alpha value is -4.09. The van der Waals surface area contributed by atoms with Gasteiger partial charge in [0.25, 0.3) is 11.8 Å². The van der Waals surface area contributed by atoms with E-state index in [-0.39, 0.29) is 24.1 Å². The zero-order valence-electron chi connectivity index (χ0n) is 17.9. The summed E-state index contributed by atoms with van der Waals surface area (Å²) in [6, 6.07) is 10.8. The lowest BCUT2D eigenvalue weighted by atomic mass is 10.2. The minimum atomic E-state index is -0.622. The average Bonchev–Trinajstić information content (AvgIpc) is 3.53. The van der Waals surface area contributed by atoms with Crippen LogP contribution in [0.5, 0.6) is 0 Å². The predicted molar refractivity (Wildman–Crippen MR) is 132 cm³/mol. The van der Waals surface area contributed by atoms with Crippen molar-refractivity contribution in [2.75, 3.05) is 5.32 Å². The molecule has 0 aliphatic rings. The molecule has 0 spiro atoms. The van der Waals surface area contributed by atoms with Gasteiger partial charge in [-0.3, -0.25) is 18.8 Å². The normalized spacial score (nSPS) is 11.1. The minimum Gasteiger partial charge on any atom is -0.364 e. The number of carbonyl (C=O) groups is 3. The predicted octanol–water partition coefficient (Wildman–Crippen LogP) is 3.66. The van der Waals surface area contributed by atoms with Crippen LogP contribution in [-0.2, 0) is 11.3 Å². The molecule has 3 amide bonds. The Labute approximate surface area is 201 Å². The van der Waals surface area contributed by atoms with E-state index in [1.54, 1.807) is 22.7 Å². The molecule has 0 aliphatic heterocycles. The van der Waals surface area contributed by atoms with E-state index in [9.17, 15) is 14.4 Å². The van der Waals surface area contributed by atoms with Crippen molar-refractivity contribution in [3.05, 3.63) is 70.2 Å². The highest BCUT2D eigenvalue weighted by atomic mass is 32.1. The van der Waals surface area contributed by atoms with E-state index in [0.717, 1.165) is 21.3 Å². The van der Waals surface area contributed by atoms with Crippen LogP contribution in [0.25, 0.3) is 27.1 Å². The molecule has 0 unspecified atom stereocenters. The number of thiazole rings is 1. The van der Waals surface area contributed by atoms with Crippen molar-refractivity contribution in [2.45, 2.75) is 13.5 Å². The highest BCUT2D eigenvalue weighted by Crippen LogP contribution is 2.28. The summed E-state index contributed by atoms with van der Waals surface area (Å²) in [6.07, 6.45) is 1.67. The fourth-order valence-electron chi connectivity index (χ4n) is 3.64. The first-order valence-electron chi connectivity index (χ1n) is 10.2. The summed E-state index contributed by atoms with van der Waals surface area (Å²) in [5.74, 6) is -1.13. The monoisotopic (exact) mass is 490 g/mol. The first kappa shape index (κ1) is 21.7. The number of nitrogens with zero attached hydrogens (tertiary/aromatic N) is 3. The molecule has 0 atom stereocenters. The van der Waals surface area contributed by atoms with Crippen LogP contribution < -0.4 is 16.4 Å². The van der Waals surface area contributed by atoms with E-state index < -0.39 is 5.91 Å². The Balaban J connectivity index is 1.42. The number of fused-ring (bicyclic) bond motifs is 2. The van der Waals surface area contributed by atoms with Gasteiger partial charge in [-0.05, 0) is 41.3 Å². The third-order valence-electron chi connectivity index (χ3n) is 5.11. The molecule has 4 heterocycles. The van der Waals surface area contributed by atoms with Gasteiger partial charge in [-0.2, -0.15) is 11.3 Å². The molecule has 170 valence electrons. The summed E-state index contributed by atoms with van der Waals surface area (Å²) in [7, 11) is 0. The number of nitrogens with one attached hydrogen (secondary N) is 2. The Kier molecular flexibility index (Phi) is 5.56. The molecule has 0 radical (unpaired) electrons. The topological polar surface area (TPSA) is 131 Å². The van der Waals surface area contributed by atoms with Crippen LogP contribution in [0.4, 0.5) is 5.13 Å². The summed E-state index contributed by atoms with van der Waals surface area (Å²) in [4.78, 5) is 45.5. The van der Waals surface area contributed by atoms with E-state index in [2.05, 4.69) is 20.6 Å². The SMILES string of the molecule is CC(=O)Nc1nc2ccc(CNC(=O)c3cccn4c(C(N)=O)c(-c5ccsc5)nc34)cc2s1. The van der Waals surface area contributed by atoms with Crippen molar-refractivity contribution in [3.8, 4) is 11.3 Å². The number of imidazole rings is 1. The molecular weight excluding hydrogens is 472 g/mol. The van der Waals surface area contributed by atoms with Crippen LogP contribution in [0, 0.1) is 0 Å². The molecule has 1 aromatic carbocycles. The maximum absolute atomic E-state index is 13.1. The number of amides is 3. The van der Waals surface area contributed by atoms with Gasteiger partial charge in [0.05, 0.1) is 15.8 Å². The maximum Gasteiger partial charge on any atom is 0.268 e. The number of pyridine rings is 1. The van der Waals surface area contributed by atoms with Gasteiger partial charge < -0.3 is 16.4 Å². The second-order valence-electron chi connectivity index (χ2n) is 7.49. The van der Waals surface area contributed by atoms with Gasteiger partial charge in [0, 0.05) is 30.6 Å². The van der Waals surface area contributed by atoms with Gasteiger partial charge in [0.1, 0.15) is 11.4 Å². The number of hydrogen-bond donors (Lipinski definition) is 3. The highest BCUT2D eigenvalue weighted by molar-refractivity contribution is 7.22. The van der Waals surface area contributed by atoms with Crippen LogP contribution in [0.3, 0.4) is 0 Å². The quantitative estimate of drug-likeness (QED) is 0.334. The highest BCUT2D eigenvalue weighted by Gasteiger charge is 2.22. The Morgan fingerprint density at radius 2 is 2.00 bits per heavy atom. The largest absolute Gasteiger partial charge is 0.364 e. The van der Waals surface area contributed by atoms with E-state index >= 15 is 0 Å². The maximum atomic E-state index is 13.1. The van der Waals surface area contributed by atoms with E-state index in [4.69, 9.17) is 5.73 Å². The van der Waals surface area contributed by atoms with E-state index in [1.807, 2.05) is 35.0 Å². The summed E-state index contributed by atoms with van der Waals surface area (Å²) < 4.78 is 2.45. The third-order valence-corrected chi connectivity index (χ3v) is 6.73. The van der Waals surface area contributed by atoms with Crippen molar-refractivity contribution >= 4 is 61.4 Å². The smallest absolute Gasteiger partial charge is 0.268 e. The molecule has 9 nitrogen and oxygen atoms in total. The number of rotatable bonds is 6. The Bertz CT molecular complexity index is 1570. The standard InChI is InChI=1S/C23H18N6O3S2/c1-12(30)26-23-27-16-5-4-13(9-17(16)34-23)10-25-22(32)15-3-2-7-29-19(20(24)31)18(28-21(15)29)14-6-8-33-11-14/h2-9,11H,10H2,1H3,(H2,24,31)(H,25,32)(H,26,27,30). The van der Waals surface area contributed by atoms with Crippen LogP contribution in [-0.4, -0.2) is 32.1 Å². The molecule has 0 saturated carbocycles. The number of primary amides is 1. The number of carbonyl (C=O) groups excluding carboxylic acids is 3. The Morgan fingerprint density at radius 3 is 2.74 bits per heavy atom. The molecule has 4 aromatic heterocycles. The number of aromatic nitrogens is 3. The van der Waals surface area contributed by atoms with E-state index in [0.29, 0.717) is 22.0 Å². The van der Waals surface area contributed by atoms with Gasteiger partial charge in [-0.1, -0.05) is 17.4 Å². The van der Waals surface area contributed by atoms with Crippen molar-refractivity contribution < 1.29 is 14.4 Å². The number of hydrogen-bond acceptors (Lipinski definition) is 7. The lowest BCUT2D eigenvalue weighted by Crippen LogP contribution is -2.23. The molecule has 34 heavy (non-hydrogen) atoms. The fraction of sp³-hybridized carbons (Fsp3) is 0.0870. The number of anilines is 1. The van der Waals surface area contributed by atoms with Gasteiger partial charge in [-0.15, -0.1) is 0 Å². The van der Waals surface area contributed by atoms with Crippen molar-refractivity contribution in [2.24, 2.45) is 5.73 Å². The summed E-state index contributed by atoms with van der Waals surface area (Å²) >= 11 is 2.85. The summed E-state index contributed by atoms with van der Waals surface area (Å²) in [5, 5.41) is 9.89. The molecule has 0 aliphatic carbocycles. The molecule has 0 fully saturated rings. The summed E-state index contributed by atoms with van der Waals surface area (Å²) in [6.45, 7) is 1.72.